The van der Waals surface area contributed by atoms with Crippen LogP contribution in [-0.4, -0.2) is 31.9 Å². The van der Waals surface area contributed by atoms with Crippen molar-refractivity contribution in [1.82, 2.24) is 4.31 Å². The topological polar surface area (TPSA) is 46.6 Å². The van der Waals surface area contributed by atoms with E-state index in [4.69, 9.17) is 16.3 Å². The summed E-state index contributed by atoms with van der Waals surface area (Å²) in [6.07, 6.45) is 4.08. The van der Waals surface area contributed by atoms with Crippen LogP contribution in [0.4, 0.5) is 4.39 Å². The molecule has 2 aliphatic rings. The molecule has 144 valence electrons. The maximum absolute atomic E-state index is 13.1. The summed E-state index contributed by atoms with van der Waals surface area (Å²) in [7, 11) is -3.49. The van der Waals surface area contributed by atoms with Gasteiger partial charge < -0.3 is 4.74 Å². The molecule has 4 rings (SSSR count). The van der Waals surface area contributed by atoms with E-state index in [0.717, 1.165) is 24.8 Å². The van der Waals surface area contributed by atoms with Crippen LogP contribution in [0.3, 0.4) is 0 Å². The highest BCUT2D eigenvalue weighted by Crippen LogP contribution is 2.29. The zero-order valence-electron chi connectivity index (χ0n) is 14.8. The van der Waals surface area contributed by atoms with Crippen LogP contribution in [0.15, 0.2) is 41.3 Å². The van der Waals surface area contributed by atoms with Gasteiger partial charge in [-0.3, -0.25) is 0 Å². The predicted octanol–water partition coefficient (Wildman–Crippen LogP) is 3.95. The summed E-state index contributed by atoms with van der Waals surface area (Å²) in [4.78, 5) is 0.364. The highest BCUT2D eigenvalue weighted by Gasteiger charge is 2.37. The molecule has 1 heterocycles. The van der Waals surface area contributed by atoms with Crippen LogP contribution in [0.5, 0.6) is 0 Å². The van der Waals surface area contributed by atoms with Crippen molar-refractivity contribution in [2.45, 2.75) is 43.3 Å². The maximum Gasteiger partial charge on any atom is 0.243 e. The third kappa shape index (κ3) is 3.90. The minimum atomic E-state index is -3.49. The summed E-state index contributed by atoms with van der Waals surface area (Å²) in [6, 6.07) is 9.65. The van der Waals surface area contributed by atoms with Crippen LogP contribution in [0.1, 0.15) is 29.5 Å². The van der Waals surface area contributed by atoms with E-state index in [1.807, 2.05) is 12.1 Å². The van der Waals surface area contributed by atoms with Gasteiger partial charge in [-0.05, 0) is 66.6 Å². The van der Waals surface area contributed by atoms with E-state index in [1.165, 1.54) is 28.4 Å². The number of benzene rings is 2. The van der Waals surface area contributed by atoms with Gasteiger partial charge in [0.05, 0.1) is 17.6 Å². The SMILES string of the molecule is O=S(=O)(c1ccc2c(c1)CCCC2)N1CC(OCc2ccc(F)cc2Cl)C1. The smallest absolute Gasteiger partial charge is 0.243 e. The van der Waals surface area contributed by atoms with Crippen LogP contribution in [0.2, 0.25) is 5.02 Å². The van der Waals surface area contributed by atoms with Crippen molar-refractivity contribution < 1.29 is 17.5 Å². The second kappa shape index (κ2) is 7.51. The van der Waals surface area contributed by atoms with Gasteiger partial charge in [-0.25, -0.2) is 12.8 Å². The largest absolute Gasteiger partial charge is 0.371 e. The summed E-state index contributed by atoms with van der Waals surface area (Å²) in [5.74, 6) is -0.394. The number of fused-ring (bicyclic) bond motifs is 1. The Bertz CT molecular complexity index is 958. The van der Waals surface area contributed by atoms with E-state index in [2.05, 4.69) is 0 Å². The molecule has 0 unspecified atom stereocenters. The minimum absolute atomic E-state index is 0.182. The van der Waals surface area contributed by atoms with Crippen LogP contribution in [0, 0.1) is 5.82 Å². The molecule has 4 nitrogen and oxygen atoms in total. The number of hydrogen-bond acceptors (Lipinski definition) is 3. The molecular weight excluding hydrogens is 389 g/mol. The molecule has 0 saturated carbocycles. The Morgan fingerprint density at radius 3 is 2.56 bits per heavy atom. The number of halogens is 2. The van der Waals surface area contributed by atoms with Crippen molar-refractivity contribution in [3.05, 3.63) is 63.9 Å². The highest BCUT2D eigenvalue weighted by atomic mass is 35.5. The van der Waals surface area contributed by atoms with Gasteiger partial charge in [-0.15, -0.1) is 0 Å². The van der Waals surface area contributed by atoms with E-state index in [1.54, 1.807) is 12.1 Å². The first-order chi connectivity index (χ1) is 12.9. The molecular formula is C20H21ClFNO3S. The molecule has 2 aromatic rings. The average Bonchev–Trinajstić information content (AvgIpc) is 2.61. The van der Waals surface area contributed by atoms with Crippen molar-refractivity contribution in [3.8, 4) is 0 Å². The number of aryl methyl sites for hydroxylation is 2. The van der Waals surface area contributed by atoms with E-state index >= 15 is 0 Å². The van der Waals surface area contributed by atoms with Crippen LogP contribution < -0.4 is 0 Å². The van der Waals surface area contributed by atoms with Gasteiger partial charge >= 0.3 is 0 Å². The molecule has 1 saturated heterocycles. The molecule has 1 aliphatic carbocycles. The van der Waals surface area contributed by atoms with Crippen LogP contribution >= 0.6 is 11.6 Å². The average molecular weight is 410 g/mol. The Hall–Kier alpha value is -1.47. The highest BCUT2D eigenvalue weighted by molar-refractivity contribution is 7.89. The first kappa shape index (κ1) is 18.9. The standard InChI is InChI=1S/C20H21ClFNO3S/c21-20-10-17(22)7-5-16(20)13-26-18-11-23(12-18)27(24,25)19-8-6-14-3-1-2-4-15(14)9-19/h5-10,18H,1-4,11-13H2. The van der Waals surface area contributed by atoms with Crippen molar-refractivity contribution in [2.24, 2.45) is 0 Å². The van der Waals surface area contributed by atoms with Gasteiger partial charge in [0, 0.05) is 18.1 Å². The van der Waals surface area contributed by atoms with Gasteiger partial charge in [-0.2, -0.15) is 4.31 Å². The van der Waals surface area contributed by atoms with Gasteiger partial charge in [0.2, 0.25) is 10.0 Å². The number of ether oxygens (including phenoxy) is 1. The monoisotopic (exact) mass is 409 g/mol. The van der Waals surface area contributed by atoms with Gasteiger partial charge in [0.25, 0.3) is 0 Å². The lowest BCUT2D eigenvalue weighted by Gasteiger charge is -2.37. The maximum atomic E-state index is 13.1. The molecule has 0 aromatic heterocycles. The molecule has 0 amide bonds. The summed E-state index contributed by atoms with van der Waals surface area (Å²) >= 11 is 5.99. The first-order valence-corrected chi connectivity index (χ1v) is 10.9. The quantitative estimate of drug-likeness (QED) is 0.751. The van der Waals surface area contributed by atoms with E-state index in [0.29, 0.717) is 28.6 Å². The third-order valence-corrected chi connectivity index (χ3v) is 7.44. The molecule has 7 heteroatoms. The number of hydrogen-bond donors (Lipinski definition) is 0. The lowest BCUT2D eigenvalue weighted by molar-refractivity contribution is -0.0295. The summed E-state index contributed by atoms with van der Waals surface area (Å²) in [5.41, 5.74) is 3.11. The lowest BCUT2D eigenvalue weighted by Crippen LogP contribution is -2.54. The van der Waals surface area contributed by atoms with Crippen LogP contribution in [-0.2, 0) is 34.2 Å². The molecule has 0 N–H and O–H groups in total. The van der Waals surface area contributed by atoms with Crippen LogP contribution in [0.25, 0.3) is 0 Å². The van der Waals surface area contributed by atoms with E-state index < -0.39 is 15.8 Å². The number of nitrogens with zero attached hydrogens (tertiary/aromatic N) is 1. The lowest BCUT2D eigenvalue weighted by atomic mass is 9.92. The van der Waals surface area contributed by atoms with Gasteiger partial charge in [0.15, 0.2) is 0 Å². The Kier molecular flexibility index (Phi) is 5.25. The molecule has 0 bridgehead atoms. The molecule has 0 radical (unpaired) electrons. The fourth-order valence-electron chi connectivity index (χ4n) is 3.57. The van der Waals surface area contributed by atoms with Crippen molar-refractivity contribution >= 4 is 21.6 Å². The van der Waals surface area contributed by atoms with Gasteiger partial charge in [-0.1, -0.05) is 23.7 Å². The van der Waals surface area contributed by atoms with Gasteiger partial charge in [0.1, 0.15) is 5.82 Å². The molecule has 0 spiro atoms. The van der Waals surface area contributed by atoms with Crippen molar-refractivity contribution in [2.75, 3.05) is 13.1 Å². The number of sulfonamides is 1. The predicted molar refractivity (Wildman–Crippen MR) is 102 cm³/mol. The fraction of sp³-hybridized carbons (Fsp3) is 0.400. The zero-order chi connectivity index (χ0) is 19.0. The van der Waals surface area contributed by atoms with Crippen molar-refractivity contribution in [1.29, 1.82) is 0 Å². The zero-order valence-corrected chi connectivity index (χ0v) is 16.4. The Morgan fingerprint density at radius 1 is 1.07 bits per heavy atom. The Morgan fingerprint density at radius 2 is 1.81 bits per heavy atom. The normalized spacial score (nSPS) is 18.1. The van der Waals surface area contributed by atoms with E-state index in [9.17, 15) is 12.8 Å². The fourth-order valence-corrected chi connectivity index (χ4v) is 5.34. The molecule has 27 heavy (non-hydrogen) atoms. The molecule has 1 aliphatic heterocycles. The Balaban J connectivity index is 1.37. The van der Waals surface area contributed by atoms with Crippen molar-refractivity contribution in [3.63, 3.8) is 0 Å². The molecule has 0 atom stereocenters. The molecule has 1 fully saturated rings. The second-order valence-corrected chi connectivity index (χ2v) is 9.47. The summed E-state index contributed by atoms with van der Waals surface area (Å²) in [5, 5.41) is 0.313. The molecule has 2 aromatic carbocycles. The summed E-state index contributed by atoms with van der Waals surface area (Å²) in [6.45, 7) is 0.868. The third-order valence-electron chi connectivity index (χ3n) is 5.26. The van der Waals surface area contributed by atoms with E-state index in [-0.39, 0.29) is 12.7 Å². The number of rotatable bonds is 5. The second-order valence-electron chi connectivity index (χ2n) is 7.13. The Labute approximate surface area is 163 Å². The first-order valence-electron chi connectivity index (χ1n) is 9.11. The minimum Gasteiger partial charge on any atom is -0.371 e. The summed E-state index contributed by atoms with van der Waals surface area (Å²) < 4.78 is 45.9.